The second-order valence-corrected chi connectivity index (χ2v) is 2.04. The topological polar surface area (TPSA) is 48.1 Å². The number of ether oxygens (including phenoxy) is 1. The van der Waals surface area contributed by atoms with E-state index in [9.17, 15) is 0 Å². The highest BCUT2D eigenvalue weighted by Crippen LogP contribution is 2.17. The number of methoxy groups -OCH3 is 1. The Bertz CT molecular complexity index is 240. The van der Waals surface area contributed by atoms with Crippen molar-refractivity contribution in [2.45, 2.75) is 6.92 Å². The van der Waals surface area contributed by atoms with E-state index < -0.39 is 0 Å². The minimum absolute atomic E-state index is 0. The van der Waals surface area contributed by atoms with Gasteiger partial charge >= 0.3 is 0 Å². The van der Waals surface area contributed by atoms with E-state index in [0.717, 1.165) is 5.69 Å². The fourth-order valence-electron chi connectivity index (χ4n) is 0.737. The Hall–Kier alpha value is -0.770. The summed E-state index contributed by atoms with van der Waals surface area (Å²) in [5, 5.41) is 0. The van der Waals surface area contributed by atoms with Crippen LogP contribution in [0.2, 0.25) is 0 Å². The molecular weight excluding hydrogens is 208 g/mol. The molecule has 0 bridgehead atoms. The molecule has 1 aromatic rings. The fourth-order valence-corrected chi connectivity index (χ4v) is 0.737. The molecule has 62 valence electrons. The number of pyridine rings is 1. The van der Waals surface area contributed by atoms with Crippen LogP contribution in [0.25, 0.3) is 0 Å². The van der Waals surface area contributed by atoms with E-state index in [2.05, 4.69) is 4.98 Å². The van der Waals surface area contributed by atoms with E-state index in [-0.39, 0.29) is 17.0 Å². The third-order valence-corrected chi connectivity index (χ3v) is 1.25. The maximum atomic E-state index is 5.50. The molecule has 4 heteroatoms. The van der Waals surface area contributed by atoms with Gasteiger partial charge in [-0.25, -0.2) is 4.98 Å². The summed E-state index contributed by atoms with van der Waals surface area (Å²) in [5.74, 6) is 1.08. The van der Waals surface area contributed by atoms with Gasteiger partial charge in [-0.3, -0.25) is 0 Å². The lowest BCUT2D eigenvalue weighted by atomic mass is 10.3. The van der Waals surface area contributed by atoms with Crippen LogP contribution >= 0.6 is 17.0 Å². The van der Waals surface area contributed by atoms with Crippen molar-refractivity contribution >= 4 is 22.8 Å². The molecule has 1 rings (SSSR count). The van der Waals surface area contributed by atoms with Gasteiger partial charge in [-0.15, -0.1) is 17.0 Å². The van der Waals surface area contributed by atoms with Gasteiger partial charge < -0.3 is 10.5 Å². The van der Waals surface area contributed by atoms with E-state index in [1.54, 1.807) is 13.2 Å². The normalized spacial score (nSPS) is 8.55. The Morgan fingerprint density at radius 3 is 2.55 bits per heavy atom. The van der Waals surface area contributed by atoms with Gasteiger partial charge in [-0.05, 0) is 19.1 Å². The standard InChI is InChI=1S/C7H10N2O.BrH/c1-5-3-4-6(10-2)7(8)9-5;/h3-4H,1-2H3,(H2,8,9);1H. The predicted molar refractivity (Wildman–Crippen MR) is 50.3 cm³/mol. The molecule has 1 heterocycles. The van der Waals surface area contributed by atoms with Crippen LogP contribution in [0.3, 0.4) is 0 Å². The van der Waals surface area contributed by atoms with Gasteiger partial charge in [0.1, 0.15) is 0 Å². The molecule has 3 nitrogen and oxygen atoms in total. The number of nitrogen functional groups attached to an aromatic ring is 1. The van der Waals surface area contributed by atoms with Crippen LogP contribution in [0, 0.1) is 6.92 Å². The number of anilines is 1. The highest BCUT2D eigenvalue weighted by molar-refractivity contribution is 8.93. The van der Waals surface area contributed by atoms with Gasteiger partial charge in [0.15, 0.2) is 11.6 Å². The quantitative estimate of drug-likeness (QED) is 0.779. The number of rotatable bonds is 1. The number of nitrogens with two attached hydrogens (primary N) is 1. The highest BCUT2D eigenvalue weighted by atomic mass is 79.9. The summed E-state index contributed by atoms with van der Waals surface area (Å²) in [6, 6.07) is 3.66. The molecule has 11 heavy (non-hydrogen) atoms. The molecule has 0 unspecified atom stereocenters. The van der Waals surface area contributed by atoms with Gasteiger partial charge in [0.25, 0.3) is 0 Å². The van der Waals surface area contributed by atoms with Crippen molar-refractivity contribution in [1.29, 1.82) is 0 Å². The van der Waals surface area contributed by atoms with Gasteiger partial charge in [0.05, 0.1) is 7.11 Å². The first kappa shape index (κ1) is 10.2. The van der Waals surface area contributed by atoms with Crippen LogP contribution in [0.1, 0.15) is 5.69 Å². The first-order valence-corrected chi connectivity index (χ1v) is 3.01. The zero-order valence-corrected chi connectivity index (χ0v) is 8.21. The summed E-state index contributed by atoms with van der Waals surface area (Å²) >= 11 is 0. The van der Waals surface area contributed by atoms with E-state index in [0.29, 0.717) is 11.6 Å². The summed E-state index contributed by atoms with van der Waals surface area (Å²) < 4.78 is 4.91. The second-order valence-electron chi connectivity index (χ2n) is 2.04. The molecule has 0 aliphatic carbocycles. The molecule has 1 aromatic heterocycles. The van der Waals surface area contributed by atoms with E-state index in [1.807, 2.05) is 13.0 Å². The largest absolute Gasteiger partial charge is 0.493 e. The average molecular weight is 219 g/mol. The van der Waals surface area contributed by atoms with E-state index >= 15 is 0 Å². The van der Waals surface area contributed by atoms with Crippen LogP contribution < -0.4 is 10.5 Å². The van der Waals surface area contributed by atoms with Crippen molar-refractivity contribution in [2.24, 2.45) is 0 Å². The van der Waals surface area contributed by atoms with Crippen molar-refractivity contribution < 1.29 is 4.74 Å². The highest BCUT2D eigenvalue weighted by Gasteiger charge is 1.97. The fraction of sp³-hybridized carbons (Fsp3) is 0.286. The summed E-state index contributed by atoms with van der Waals surface area (Å²) in [7, 11) is 1.57. The maximum absolute atomic E-state index is 5.50. The molecule has 2 N–H and O–H groups in total. The molecule has 0 aliphatic heterocycles. The lowest BCUT2D eigenvalue weighted by molar-refractivity contribution is 0.415. The molecule has 0 amide bonds. The van der Waals surface area contributed by atoms with Crippen molar-refractivity contribution in [2.75, 3.05) is 12.8 Å². The molecule has 0 aromatic carbocycles. The zero-order chi connectivity index (χ0) is 7.56. The average Bonchev–Trinajstić information content (AvgIpc) is 1.88. The lowest BCUT2D eigenvalue weighted by Gasteiger charge is -2.02. The Balaban J connectivity index is 0.000001000. The van der Waals surface area contributed by atoms with Crippen LogP contribution in [-0.2, 0) is 0 Å². The van der Waals surface area contributed by atoms with E-state index in [1.165, 1.54) is 0 Å². The number of halogens is 1. The summed E-state index contributed by atoms with van der Waals surface area (Å²) in [5.41, 5.74) is 6.40. The Morgan fingerprint density at radius 2 is 2.09 bits per heavy atom. The number of hydrogen-bond donors (Lipinski definition) is 1. The molecule has 0 radical (unpaired) electrons. The molecule has 0 fully saturated rings. The van der Waals surface area contributed by atoms with Gasteiger partial charge in [0.2, 0.25) is 0 Å². The van der Waals surface area contributed by atoms with Gasteiger partial charge in [0, 0.05) is 5.69 Å². The first-order chi connectivity index (χ1) is 4.74. The molecule has 0 aliphatic rings. The summed E-state index contributed by atoms with van der Waals surface area (Å²) in [6.45, 7) is 1.88. The minimum Gasteiger partial charge on any atom is -0.493 e. The Morgan fingerprint density at radius 1 is 1.45 bits per heavy atom. The molecule has 0 saturated heterocycles. The first-order valence-electron chi connectivity index (χ1n) is 3.01. The van der Waals surface area contributed by atoms with Crippen LogP contribution in [-0.4, -0.2) is 12.1 Å². The minimum atomic E-state index is 0. The monoisotopic (exact) mass is 218 g/mol. The third-order valence-electron chi connectivity index (χ3n) is 1.25. The van der Waals surface area contributed by atoms with Crippen molar-refractivity contribution in [3.05, 3.63) is 17.8 Å². The maximum Gasteiger partial charge on any atom is 0.166 e. The van der Waals surface area contributed by atoms with Crippen LogP contribution in [0.15, 0.2) is 12.1 Å². The number of aryl methyl sites for hydroxylation is 1. The molecule has 0 spiro atoms. The van der Waals surface area contributed by atoms with Crippen molar-refractivity contribution in [3.63, 3.8) is 0 Å². The SMILES string of the molecule is Br.COc1ccc(C)nc1N. The molecule has 0 atom stereocenters. The van der Waals surface area contributed by atoms with Crippen molar-refractivity contribution in [1.82, 2.24) is 4.98 Å². The number of aromatic nitrogens is 1. The smallest absolute Gasteiger partial charge is 0.166 e. The predicted octanol–water partition coefficient (Wildman–Crippen LogP) is 1.56. The molecule has 0 saturated carbocycles. The summed E-state index contributed by atoms with van der Waals surface area (Å²) in [6.07, 6.45) is 0. The van der Waals surface area contributed by atoms with Crippen LogP contribution in [0.5, 0.6) is 5.75 Å². The number of hydrogen-bond acceptors (Lipinski definition) is 3. The Kier molecular flexibility index (Phi) is 3.89. The third kappa shape index (κ3) is 2.38. The van der Waals surface area contributed by atoms with Crippen molar-refractivity contribution in [3.8, 4) is 5.75 Å². The Labute approximate surface area is 76.3 Å². The van der Waals surface area contributed by atoms with E-state index in [4.69, 9.17) is 10.5 Å². The van der Waals surface area contributed by atoms with Crippen LogP contribution in [0.4, 0.5) is 5.82 Å². The summed E-state index contributed by atoms with van der Waals surface area (Å²) in [4.78, 5) is 4.00. The van der Waals surface area contributed by atoms with Gasteiger partial charge in [-0.2, -0.15) is 0 Å². The second kappa shape index (κ2) is 4.18. The number of nitrogens with zero attached hydrogens (tertiary/aromatic N) is 1. The zero-order valence-electron chi connectivity index (χ0n) is 6.50. The molecular formula is C7H11BrN2O. The lowest BCUT2D eigenvalue weighted by Crippen LogP contribution is -1.96. The van der Waals surface area contributed by atoms with Gasteiger partial charge in [-0.1, -0.05) is 0 Å².